The lowest BCUT2D eigenvalue weighted by atomic mass is 9.96. The molecule has 2 aromatic rings. The number of H-pyrrole nitrogens is 1. The van der Waals surface area contributed by atoms with Crippen molar-refractivity contribution in [2.24, 2.45) is 11.7 Å². The van der Waals surface area contributed by atoms with Crippen LogP contribution in [-0.2, 0) is 25.6 Å². The molecule has 2 rings (SSSR count). The molecule has 7 N–H and O–H groups in total. The Kier molecular flexibility index (Phi) is 11.3. The number of fused-ring (bicyclic) bond motifs is 1. The van der Waals surface area contributed by atoms with Gasteiger partial charge in [0.1, 0.15) is 18.1 Å². The van der Waals surface area contributed by atoms with E-state index in [1.165, 1.54) is 6.92 Å². The summed E-state index contributed by atoms with van der Waals surface area (Å²) < 4.78 is 0. The number of rotatable bonds is 14. The maximum atomic E-state index is 13.5. The Labute approximate surface area is 215 Å². The number of aliphatic carboxylic acids is 1. The quantitative estimate of drug-likeness (QED) is 0.219. The molecule has 0 aliphatic carbocycles. The molecule has 0 saturated heterocycles. The second kappa shape index (κ2) is 13.9. The summed E-state index contributed by atoms with van der Waals surface area (Å²) in [4.78, 5) is 53.5. The summed E-state index contributed by atoms with van der Waals surface area (Å²) in [6.45, 7) is 5.01. The van der Waals surface area contributed by atoms with Gasteiger partial charge in [0.25, 0.3) is 0 Å². The number of carboxylic acids is 1. The Balaban J connectivity index is 2.29. The number of carbonyl (C=O) groups excluding carboxylic acids is 3. The third-order valence-electron chi connectivity index (χ3n) is 6.22. The van der Waals surface area contributed by atoms with E-state index in [-0.39, 0.29) is 12.3 Å². The highest BCUT2D eigenvalue weighted by Crippen LogP contribution is 2.19. The highest BCUT2D eigenvalue weighted by atomic mass is 32.2. The minimum absolute atomic E-state index is 0.178. The summed E-state index contributed by atoms with van der Waals surface area (Å²) in [5, 5.41) is 18.0. The van der Waals surface area contributed by atoms with Crippen LogP contribution in [0.5, 0.6) is 0 Å². The molecular weight excluding hydrogens is 482 g/mol. The van der Waals surface area contributed by atoms with Crippen molar-refractivity contribution in [3.8, 4) is 0 Å². The molecule has 198 valence electrons. The van der Waals surface area contributed by atoms with Gasteiger partial charge in [0.05, 0.1) is 6.04 Å². The van der Waals surface area contributed by atoms with E-state index in [0.717, 1.165) is 16.5 Å². The van der Waals surface area contributed by atoms with Gasteiger partial charge in [-0.1, -0.05) is 38.5 Å². The van der Waals surface area contributed by atoms with Gasteiger partial charge in [-0.15, -0.1) is 0 Å². The number of benzene rings is 1. The van der Waals surface area contributed by atoms with Crippen molar-refractivity contribution >= 4 is 46.4 Å². The molecule has 0 saturated carbocycles. The zero-order valence-electron chi connectivity index (χ0n) is 21.2. The van der Waals surface area contributed by atoms with E-state index in [1.54, 1.807) is 24.9 Å². The van der Waals surface area contributed by atoms with Crippen LogP contribution in [0.2, 0.25) is 0 Å². The zero-order chi connectivity index (χ0) is 26.8. The van der Waals surface area contributed by atoms with Crippen molar-refractivity contribution in [3.05, 3.63) is 36.0 Å². The van der Waals surface area contributed by atoms with Crippen molar-refractivity contribution in [2.45, 2.75) is 64.2 Å². The average Bonchev–Trinajstić information content (AvgIpc) is 3.27. The van der Waals surface area contributed by atoms with Crippen LogP contribution in [0.15, 0.2) is 30.5 Å². The van der Waals surface area contributed by atoms with Crippen molar-refractivity contribution in [1.29, 1.82) is 0 Å². The average molecular weight is 520 g/mol. The molecule has 0 aliphatic heterocycles. The van der Waals surface area contributed by atoms with Gasteiger partial charge in [0, 0.05) is 23.5 Å². The van der Waals surface area contributed by atoms with E-state index < -0.39 is 47.9 Å². The number of hydrogen-bond acceptors (Lipinski definition) is 6. The molecule has 1 aromatic heterocycles. The molecule has 0 aliphatic rings. The van der Waals surface area contributed by atoms with Crippen LogP contribution in [-0.4, -0.2) is 70.0 Å². The largest absolute Gasteiger partial charge is 0.480 e. The van der Waals surface area contributed by atoms with Crippen LogP contribution in [0.3, 0.4) is 0 Å². The predicted octanol–water partition coefficient (Wildman–Crippen LogP) is 1.40. The van der Waals surface area contributed by atoms with Gasteiger partial charge in [-0.05, 0) is 42.9 Å². The van der Waals surface area contributed by atoms with Crippen LogP contribution in [0, 0.1) is 5.92 Å². The number of hydrogen-bond donors (Lipinski definition) is 6. The summed E-state index contributed by atoms with van der Waals surface area (Å²) in [5.74, 6) is -2.35. The first kappa shape index (κ1) is 29.2. The number of aromatic nitrogens is 1. The summed E-state index contributed by atoms with van der Waals surface area (Å²) in [6, 6.07) is 3.76. The summed E-state index contributed by atoms with van der Waals surface area (Å²) >= 11 is 1.57. The first-order valence-corrected chi connectivity index (χ1v) is 13.4. The number of amides is 3. The van der Waals surface area contributed by atoms with Crippen LogP contribution < -0.4 is 21.7 Å². The zero-order valence-corrected chi connectivity index (χ0v) is 22.0. The van der Waals surface area contributed by atoms with Crippen molar-refractivity contribution in [1.82, 2.24) is 20.9 Å². The molecule has 0 radical (unpaired) electrons. The van der Waals surface area contributed by atoms with Gasteiger partial charge in [-0.3, -0.25) is 19.2 Å². The lowest BCUT2D eigenvalue weighted by Crippen LogP contribution is -2.58. The normalized spacial score (nSPS) is 15.4. The fourth-order valence-electron chi connectivity index (χ4n) is 3.71. The molecule has 0 spiro atoms. The van der Waals surface area contributed by atoms with E-state index in [4.69, 9.17) is 10.8 Å². The van der Waals surface area contributed by atoms with Gasteiger partial charge in [0.15, 0.2) is 0 Å². The summed E-state index contributed by atoms with van der Waals surface area (Å²) in [7, 11) is 0. The van der Waals surface area contributed by atoms with Crippen molar-refractivity contribution < 1.29 is 24.3 Å². The number of nitrogens with one attached hydrogen (secondary N) is 4. The Bertz CT molecular complexity index is 1060. The first-order valence-electron chi connectivity index (χ1n) is 12.0. The first-order chi connectivity index (χ1) is 17.1. The molecular formula is C25H37N5O5S. The highest BCUT2D eigenvalue weighted by Gasteiger charge is 2.32. The molecule has 5 unspecified atom stereocenters. The molecule has 0 fully saturated rings. The predicted molar refractivity (Wildman–Crippen MR) is 142 cm³/mol. The Hall–Kier alpha value is -3.05. The van der Waals surface area contributed by atoms with E-state index in [1.807, 2.05) is 37.4 Å². The van der Waals surface area contributed by atoms with Crippen molar-refractivity contribution in [2.75, 3.05) is 12.0 Å². The van der Waals surface area contributed by atoms with Gasteiger partial charge < -0.3 is 31.8 Å². The Morgan fingerprint density at radius 2 is 1.75 bits per heavy atom. The topological polar surface area (TPSA) is 166 Å². The summed E-state index contributed by atoms with van der Waals surface area (Å²) in [5.41, 5.74) is 7.76. The van der Waals surface area contributed by atoms with Gasteiger partial charge in [0.2, 0.25) is 17.7 Å². The molecule has 3 amide bonds. The fraction of sp³-hybridized carbons (Fsp3) is 0.520. The van der Waals surface area contributed by atoms with Gasteiger partial charge >= 0.3 is 5.97 Å². The number of aromatic amines is 1. The third kappa shape index (κ3) is 7.99. The van der Waals surface area contributed by atoms with E-state index in [9.17, 15) is 19.2 Å². The number of carbonyl (C=O) groups is 4. The molecule has 5 atom stereocenters. The Morgan fingerprint density at radius 1 is 1.06 bits per heavy atom. The SMILES string of the molecule is CCC(C)C(NC(=O)C(Cc1c[nH]c2ccccc12)NC(=O)C(N)CCSC)C(=O)NC(C)C(=O)O. The molecule has 0 bridgehead atoms. The minimum Gasteiger partial charge on any atom is -0.480 e. The van der Waals surface area contributed by atoms with Gasteiger partial charge in [-0.2, -0.15) is 11.8 Å². The van der Waals surface area contributed by atoms with Crippen LogP contribution >= 0.6 is 11.8 Å². The molecule has 36 heavy (non-hydrogen) atoms. The summed E-state index contributed by atoms with van der Waals surface area (Å²) in [6.07, 6.45) is 4.91. The highest BCUT2D eigenvalue weighted by molar-refractivity contribution is 7.98. The van der Waals surface area contributed by atoms with Crippen LogP contribution in [0.4, 0.5) is 0 Å². The molecule has 10 nitrogen and oxygen atoms in total. The molecule has 11 heteroatoms. The smallest absolute Gasteiger partial charge is 0.325 e. The number of thioether (sulfide) groups is 1. The number of carboxylic acid groups (broad SMARTS) is 1. The molecule has 1 heterocycles. The van der Waals surface area contributed by atoms with E-state index >= 15 is 0 Å². The lowest BCUT2D eigenvalue weighted by molar-refractivity contribution is -0.142. The minimum atomic E-state index is -1.18. The standard InChI is InChI=1S/C25H37N5O5S/c1-5-14(2)21(24(33)28-15(3)25(34)35)30-23(32)20(29-22(31)18(26)10-11-36-4)12-16-13-27-19-9-7-6-8-17(16)19/h6-9,13-15,18,20-21,27H,5,10-12,26H2,1-4H3,(H,28,33)(H,29,31)(H,30,32)(H,34,35). The maximum Gasteiger partial charge on any atom is 0.325 e. The Morgan fingerprint density at radius 3 is 2.39 bits per heavy atom. The lowest BCUT2D eigenvalue weighted by Gasteiger charge is -2.27. The van der Waals surface area contributed by atoms with Crippen molar-refractivity contribution in [3.63, 3.8) is 0 Å². The number of para-hydroxylation sites is 1. The van der Waals surface area contributed by atoms with Crippen LogP contribution in [0.25, 0.3) is 10.9 Å². The second-order valence-electron chi connectivity index (χ2n) is 8.95. The monoisotopic (exact) mass is 519 g/mol. The molecule has 1 aromatic carbocycles. The third-order valence-corrected chi connectivity index (χ3v) is 6.87. The fourth-order valence-corrected chi connectivity index (χ4v) is 4.19. The van der Waals surface area contributed by atoms with E-state index in [2.05, 4.69) is 20.9 Å². The number of nitrogens with two attached hydrogens (primary N) is 1. The van der Waals surface area contributed by atoms with Gasteiger partial charge in [-0.25, -0.2) is 0 Å². The maximum absolute atomic E-state index is 13.5. The van der Waals surface area contributed by atoms with E-state index in [0.29, 0.717) is 18.6 Å². The second-order valence-corrected chi connectivity index (χ2v) is 9.94. The van der Waals surface area contributed by atoms with Crippen LogP contribution in [0.1, 0.15) is 39.2 Å².